The number of nitrogens with zero attached hydrogens (tertiary/aromatic N) is 3. The smallest absolute Gasteiger partial charge is 0.410 e. The summed E-state index contributed by atoms with van der Waals surface area (Å²) >= 11 is 0. The van der Waals surface area contributed by atoms with Crippen LogP contribution < -0.4 is 14.4 Å². The molecule has 2 aliphatic heterocycles. The van der Waals surface area contributed by atoms with E-state index in [1.54, 1.807) is 19.1 Å². The SMILES string of the molecule is COc1ccc(N2C3CCC2c2c(OCCCN(C)C(=O)OC(C)(C)C)cnc(F)c2C3)cc1. The van der Waals surface area contributed by atoms with Gasteiger partial charge in [-0.2, -0.15) is 4.39 Å². The molecule has 2 aromatic rings. The predicted octanol–water partition coefficient (Wildman–Crippen LogP) is 5.13. The van der Waals surface area contributed by atoms with Crippen LogP contribution in [0.4, 0.5) is 14.9 Å². The van der Waals surface area contributed by atoms with E-state index in [4.69, 9.17) is 14.2 Å². The molecule has 2 atom stereocenters. The van der Waals surface area contributed by atoms with Crippen molar-refractivity contribution in [1.82, 2.24) is 9.88 Å². The fraction of sp³-hybridized carbons (Fsp3) is 0.538. The van der Waals surface area contributed by atoms with Crippen LogP contribution in [-0.2, 0) is 11.2 Å². The summed E-state index contributed by atoms with van der Waals surface area (Å²) in [5.74, 6) is 1.03. The van der Waals surface area contributed by atoms with Crippen molar-refractivity contribution in [3.63, 3.8) is 0 Å². The Hall–Kier alpha value is -3.03. The van der Waals surface area contributed by atoms with Crippen LogP contribution in [0.25, 0.3) is 0 Å². The maximum absolute atomic E-state index is 14.7. The lowest BCUT2D eigenvalue weighted by molar-refractivity contribution is 0.0292. The second-order valence-electron chi connectivity index (χ2n) is 9.97. The quantitative estimate of drug-likeness (QED) is 0.412. The van der Waals surface area contributed by atoms with Crippen molar-refractivity contribution in [2.24, 2.45) is 0 Å². The molecule has 8 heteroatoms. The average Bonchev–Trinajstić information content (AvgIpc) is 3.10. The van der Waals surface area contributed by atoms with Crippen molar-refractivity contribution >= 4 is 11.8 Å². The van der Waals surface area contributed by atoms with E-state index in [9.17, 15) is 9.18 Å². The van der Waals surface area contributed by atoms with Gasteiger partial charge in [-0.3, -0.25) is 0 Å². The van der Waals surface area contributed by atoms with Crippen LogP contribution in [0.5, 0.6) is 11.5 Å². The number of hydrogen-bond donors (Lipinski definition) is 0. The summed E-state index contributed by atoms with van der Waals surface area (Å²) in [4.78, 5) is 20.0. The monoisotopic (exact) mass is 471 g/mol. The molecule has 7 nitrogen and oxygen atoms in total. The number of rotatable bonds is 7. The third-order valence-electron chi connectivity index (χ3n) is 6.38. The number of halogens is 1. The summed E-state index contributed by atoms with van der Waals surface area (Å²) in [7, 11) is 3.36. The molecule has 1 saturated heterocycles. The second-order valence-corrected chi connectivity index (χ2v) is 9.97. The van der Waals surface area contributed by atoms with Crippen LogP contribution in [0, 0.1) is 5.95 Å². The third-order valence-corrected chi connectivity index (χ3v) is 6.38. The minimum atomic E-state index is -0.532. The molecule has 1 fully saturated rings. The van der Waals surface area contributed by atoms with Gasteiger partial charge in [0.15, 0.2) is 0 Å². The van der Waals surface area contributed by atoms with Crippen LogP contribution in [-0.4, -0.2) is 54.9 Å². The van der Waals surface area contributed by atoms with Gasteiger partial charge in [0.2, 0.25) is 5.95 Å². The molecular weight excluding hydrogens is 437 g/mol. The number of hydrogen-bond acceptors (Lipinski definition) is 6. The molecule has 2 unspecified atom stereocenters. The lowest BCUT2D eigenvalue weighted by atomic mass is 9.93. The number of amides is 1. The van der Waals surface area contributed by atoms with E-state index < -0.39 is 11.5 Å². The van der Waals surface area contributed by atoms with Crippen molar-refractivity contribution in [3.05, 3.63) is 47.5 Å². The van der Waals surface area contributed by atoms with Gasteiger partial charge >= 0.3 is 6.09 Å². The van der Waals surface area contributed by atoms with Crippen molar-refractivity contribution in [2.45, 2.75) is 64.1 Å². The molecule has 4 rings (SSSR count). The molecule has 3 heterocycles. The Morgan fingerprint density at radius 1 is 1.24 bits per heavy atom. The Bertz CT molecular complexity index is 1020. The van der Waals surface area contributed by atoms with Gasteiger partial charge in [-0.25, -0.2) is 9.78 Å². The first kappa shape index (κ1) is 24.1. The zero-order valence-corrected chi connectivity index (χ0v) is 20.6. The van der Waals surface area contributed by atoms with Crippen molar-refractivity contribution in [3.8, 4) is 11.5 Å². The summed E-state index contributed by atoms with van der Waals surface area (Å²) in [6.07, 6.45) is 4.29. The summed E-state index contributed by atoms with van der Waals surface area (Å²) in [5.41, 5.74) is 2.13. The van der Waals surface area contributed by atoms with Gasteiger partial charge in [0, 0.05) is 36.4 Å². The number of ether oxygens (including phenoxy) is 3. The van der Waals surface area contributed by atoms with Gasteiger partial charge in [-0.05, 0) is 70.7 Å². The summed E-state index contributed by atoms with van der Waals surface area (Å²) < 4.78 is 31.5. The first-order valence-electron chi connectivity index (χ1n) is 11.8. The fourth-order valence-corrected chi connectivity index (χ4v) is 4.86. The number of carbonyl (C=O) groups excluding carboxylic acids is 1. The maximum Gasteiger partial charge on any atom is 0.410 e. The number of aromatic nitrogens is 1. The maximum atomic E-state index is 14.7. The molecule has 0 saturated carbocycles. The Morgan fingerprint density at radius 3 is 2.65 bits per heavy atom. The molecule has 34 heavy (non-hydrogen) atoms. The molecule has 1 aromatic heterocycles. The van der Waals surface area contributed by atoms with Gasteiger partial charge in [-0.1, -0.05) is 0 Å². The molecule has 0 N–H and O–H groups in total. The summed E-state index contributed by atoms with van der Waals surface area (Å²) in [5, 5.41) is 0. The molecule has 184 valence electrons. The van der Waals surface area contributed by atoms with Crippen LogP contribution >= 0.6 is 0 Å². The first-order chi connectivity index (χ1) is 16.2. The number of fused-ring (bicyclic) bond motifs is 4. The molecule has 2 bridgehead atoms. The van der Waals surface area contributed by atoms with E-state index in [0.717, 1.165) is 29.8 Å². The predicted molar refractivity (Wildman–Crippen MR) is 128 cm³/mol. The van der Waals surface area contributed by atoms with E-state index in [0.29, 0.717) is 37.3 Å². The summed E-state index contributed by atoms with van der Waals surface area (Å²) in [6, 6.07) is 8.30. The van der Waals surface area contributed by atoms with Gasteiger partial charge < -0.3 is 24.0 Å². The molecule has 1 amide bonds. The van der Waals surface area contributed by atoms with Gasteiger partial charge in [0.1, 0.15) is 17.1 Å². The zero-order chi connectivity index (χ0) is 24.5. The minimum absolute atomic E-state index is 0.0408. The first-order valence-corrected chi connectivity index (χ1v) is 11.8. The average molecular weight is 472 g/mol. The van der Waals surface area contributed by atoms with E-state index >= 15 is 0 Å². The highest BCUT2D eigenvalue weighted by molar-refractivity contribution is 5.67. The Morgan fingerprint density at radius 2 is 1.97 bits per heavy atom. The lowest BCUT2D eigenvalue weighted by Crippen LogP contribution is -2.38. The van der Waals surface area contributed by atoms with Crippen LogP contribution in [0.1, 0.15) is 57.2 Å². The Labute approximate surface area is 200 Å². The molecule has 1 aromatic carbocycles. The number of carbonyl (C=O) groups is 1. The molecule has 2 aliphatic rings. The van der Waals surface area contributed by atoms with Crippen molar-refractivity contribution < 1.29 is 23.4 Å². The Balaban J connectivity index is 1.46. The normalized spacial score (nSPS) is 18.9. The standard InChI is InChI=1S/C26H34FN3O4/c1-26(2,3)34-25(31)29(4)13-6-14-33-22-16-28-24(27)20-15-18-9-12-21(23(20)22)30(18)17-7-10-19(32-5)11-8-17/h7-8,10-11,16,18,21H,6,9,12-15H2,1-5H3. The lowest BCUT2D eigenvalue weighted by Gasteiger charge is -2.38. The van der Waals surface area contributed by atoms with Crippen molar-refractivity contribution in [2.75, 3.05) is 32.2 Å². The van der Waals surface area contributed by atoms with Gasteiger partial charge in [0.05, 0.1) is 26.0 Å². The van der Waals surface area contributed by atoms with Crippen molar-refractivity contribution in [1.29, 1.82) is 0 Å². The highest BCUT2D eigenvalue weighted by atomic mass is 19.1. The van der Waals surface area contributed by atoms with Gasteiger partial charge in [-0.15, -0.1) is 0 Å². The highest BCUT2D eigenvalue weighted by Gasteiger charge is 2.43. The number of benzene rings is 1. The molecular formula is C26H34FN3O4. The number of anilines is 1. The van der Waals surface area contributed by atoms with Crippen LogP contribution in [0.15, 0.2) is 30.5 Å². The largest absolute Gasteiger partial charge is 0.497 e. The topological polar surface area (TPSA) is 64.1 Å². The van der Waals surface area contributed by atoms with E-state index in [1.807, 2.05) is 32.9 Å². The highest BCUT2D eigenvalue weighted by Crippen LogP contribution is 2.49. The van der Waals surface area contributed by atoms with Crippen LogP contribution in [0.2, 0.25) is 0 Å². The number of methoxy groups -OCH3 is 1. The molecule has 0 radical (unpaired) electrons. The van der Waals surface area contributed by atoms with Crippen LogP contribution in [0.3, 0.4) is 0 Å². The van der Waals surface area contributed by atoms with Gasteiger partial charge in [0.25, 0.3) is 0 Å². The molecule has 0 spiro atoms. The minimum Gasteiger partial charge on any atom is -0.497 e. The third kappa shape index (κ3) is 5.05. The van der Waals surface area contributed by atoms with E-state index in [1.165, 1.54) is 6.20 Å². The molecule has 0 aliphatic carbocycles. The fourth-order valence-electron chi connectivity index (χ4n) is 4.86. The Kier molecular flexibility index (Phi) is 6.86. The zero-order valence-electron chi connectivity index (χ0n) is 20.6. The number of pyridine rings is 1. The summed E-state index contributed by atoms with van der Waals surface area (Å²) in [6.45, 7) is 6.42. The van der Waals surface area contributed by atoms with E-state index in [-0.39, 0.29) is 18.2 Å². The van der Waals surface area contributed by atoms with E-state index in [2.05, 4.69) is 22.0 Å². The second kappa shape index (κ2) is 9.68.